The van der Waals surface area contributed by atoms with Crippen LogP contribution in [0.1, 0.15) is 26.2 Å². The number of hydrogen-bond acceptors (Lipinski definition) is 3. The molecule has 1 saturated heterocycles. The third-order valence-electron chi connectivity index (χ3n) is 3.10. The van der Waals surface area contributed by atoms with Crippen LogP contribution >= 0.6 is 0 Å². The minimum atomic E-state index is -0.857. The fourth-order valence-electron chi connectivity index (χ4n) is 1.76. The highest BCUT2D eigenvalue weighted by atomic mass is 32.2. The molecule has 0 aliphatic carbocycles. The van der Waals surface area contributed by atoms with Gasteiger partial charge in [-0.25, -0.2) is 0 Å². The molecule has 5 heteroatoms. The highest BCUT2D eigenvalue weighted by molar-refractivity contribution is 7.84. The molecule has 3 atom stereocenters. The fourth-order valence-corrected chi connectivity index (χ4v) is 2.08. The maximum Gasteiger partial charge on any atom is 0.220 e. The fraction of sp³-hybridized carbons (Fsp3) is 0.909. The van der Waals surface area contributed by atoms with Crippen molar-refractivity contribution in [3.63, 3.8) is 0 Å². The molecule has 1 amide bonds. The summed E-state index contributed by atoms with van der Waals surface area (Å²) in [6, 6.07) is 0. The van der Waals surface area contributed by atoms with Crippen LogP contribution in [0.25, 0.3) is 0 Å². The molecule has 3 unspecified atom stereocenters. The molecule has 0 bridgehead atoms. The quantitative estimate of drug-likeness (QED) is 0.707. The van der Waals surface area contributed by atoms with Crippen LogP contribution in [0.5, 0.6) is 0 Å². The van der Waals surface area contributed by atoms with Crippen molar-refractivity contribution < 1.29 is 9.00 Å². The van der Waals surface area contributed by atoms with Gasteiger partial charge in [-0.15, -0.1) is 0 Å². The van der Waals surface area contributed by atoms with E-state index < -0.39 is 10.8 Å². The Labute approximate surface area is 100 Å². The van der Waals surface area contributed by atoms with Crippen molar-refractivity contribution >= 4 is 16.7 Å². The molecule has 1 heterocycles. The molecule has 0 aromatic heterocycles. The maximum atomic E-state index is 11.5. The molecule has 1 rings (SSSR count). The number of carbonyl (C=O) groups is 1. The molecule has 1 aliphatic heterocycles. The number of nitrogens with one attached hydrogen (secondary N) is 2. The second-order valence-corrected chi connectivity index (χ2v) is 6.31. The van der Waals surface area contributed by atoms with Crippen LogP contribution in [-0.4, -0.2) is 41.3 Å². The summed E-state index contributed by atoms with van der Waals surface area (Å²) in [5.41, 5.74) is 0. The first-order valence-electron chi connectivity index (χ1n) is 5.89. The van der Waals surface area contributed by atoms with Crippen molar-refractivity contribution in [2.75, 3.05) is 25.9 Å². The normalized spacial score (nSPS) is 24.0. The van der Waals surface area contributed by atoms with Crippen molar-refractivity contribution in [2.45, 2.75) is 31.4 Å². The minimum absolute atomic E-state index is 0.0390. The Morgan fingerprint density at radius 2 is 2.38 bits per heavy atom. The molecule has 94 valence electrons. The third kappa shape index (κ3) is 5.07. The standard InChI is InChI=1S/C11H22N2O2S/c1-9(16(2)15)7-13-11(14)4-3-10-5-6-12-8-10/h9-10,12H,3-8H2,1-2H3,(H,13,14). The zero-order valence-corrected chi connectivity index (χ0v) is 10.9. The Hall–Kier alpha value is -0.420. The molecule has 0 aromatic rings. The van der Waals surface area contributed by atoms with Crippen LogP contribution in [0.3, 0.4) is 0 Å². The van der Waals surface area contributed by atoms with Gasteiger partial charge >= 0.3 is 0 Å². The van der Waals surface area contributed by atoms with Gasteiger partial charge < -0.3 is 10.6 Å². The van der Waals surface area contributed by atoms with E-state index in [9.17, 15) is 9.00 Å². The van der Waals surface area contributed by atoms with Gasteiger partial charge in [-0.1, -0.05) is 0 Å². The van der Waals surface area contributed by atoms with Crippen molar-refractivity contribution in [3.8, 4) is 0 Å². The second kappa shape index (κ2) is 7.01. The van der Waals surface area contributed by atoms with E-state index in [1.807, 2.05) is 6.92 Å². The van der Waals surface area contributed by atoms with E-state index in [4.69, 9.17) is 0 Å². The highest BCUT2D eigenvalue weighted by Crippen LogP contribution is 2.13. The van der Waals surface area contributed by atoms with E-state index in [2.05, 4.69) is 10.6 Å². The molecule has 1 aliphatic rings. The minimum Gasteiger partial charge on any atom is -0.355 e. The van der Waals surface area contributed by atoms with Gasteiger partial charge in [0.1, 0.15) is 0 Å². The smallest absolute Gasteiger partial charge is 0.220 e. The molecule has 0 radical (unpaired) electrons. The molecule has 0 saturated carbocycles. The lowest BCUT2D eigenvalue weighted by molar-refractivity contribution is -0.121. The van der Waals surface area contributed by atoms with Gasteiger partial charge in [0.15, 0.2) is 0 Å². The average molecular weight is 246 g/mol. The van der Waals surface area contributed by atoms with E-state index in [1.165, 1.54) is 6.42 Å². The Morgan fingerprint density at radius 1 is 1.62 bits per heavy atom. The van der Waals surface area contributed by atoms with E-state index in [0.717, 1.165) is 19.5 Å². The SMILES string of the molecule is CC(CNC(=O)CCC1CCNC1)S(C)=O. The van der Waals surface area contributed by atoms with Gasteiger partial charge in [0.25, 0.3) is 0 Å². The summed E-state index contributed by atoms with van der Waals surface area (Å²) in [5.74, 6) is 0.743. The monoisotopic (exact) mass is 246 g/mol. The lowest BCUT2D eigenvalue weighted by atomic mass is 10.0. The summed E-state index contributed by atoms with van der Waals surface area (Å²) in [6.45, 7) is 4.53. The summed E-state index contributed by atoms with van der Waals surface area (Å²) in [7, 11) is -0.857. The molecule has 1 fully saturated rings. The van der Waals surface area contributed by atoms with Gasteiger partial charge in [-0.05, 0) is 38.8 Å². The molecule has 16 heavy (non-hydrogen) atoms. The Bertz CT molecular complexity index is 252. The van der Waals surface area contributed by atoms with Crippen LogP contribution in [-0.2, 0) is 15.6 Å². The Morgan fingerprint density at radius 3 is 2.94 bits per heavy atom. The molecule has 4 nitrogen and oxygen atoms in total. The molecule has 0 aromatic carbocycles. The predicted octanol–water partition coefficient (Wildman–Crippen LogP) is 0.259. The van der Waals surface area contributed by atoms with Gasteiger partial charge in [0, 0.05) is 35.3 Å². The zero-order chi connectivity index (χ0) is 12.0. The predicted molar refractivity (Wildman–Crippen MR) is 66.7 cm³/mol. The van der Waals surface area contributed by atoms with Gasteiger partial charge in [0.2, 0.25) is 5.91 Å². The molecule has 0 spiro atoms. The van der Waals surface area contributed by atoms with Crippen molar-refractivity contribution in [1.82, 2.24) is 10.6 Å². The van der Waals surface area contributed by atoms with E-state index >= 15 is 0 Å². The van der Waals surface area contributed by atoms with Crippen LogP contribution in [0.2, 0.25) is 0 Å². The zero-order valence-electron chi connectivity index (χ0n) is 10.1. The van der Waals surface area contributed by atoms with Crippen molar-refractivity contribution in [3.05, 3.63) is 0 Å². The van der Waals surface area contributed by atoms with Gasteiger partial charge in [-0.2, -0.15) is 0 Å². The van der Waals surface area contributed by atoms with Crippen LogP contribution in [0.4, 0.5) is 0 Å². The van der Waals surface area contributed by atoms with Crippen LogP contribution < -0.4 is 10.6 Å². The summed E-state index contributed by atoms with van der Waals surface area (Å²) in [4.78, 5) is 11.5. The van der Waals surface area contributed by atoms with Gasteiger partial charge in [0.05, 0.1) is 0 Å². The maximum absolute atomic E-state index is 11.5. The second-order valence-electron chi connectivity index (χ2n) is 4.51. The van der Waals surface area contributed by atoms with E-state index in [1.54, 1.807) is 6.26 Å². The Kier molecular flexibility index (Phi) is 5.98. The average Bonchev–Trinajstić information content (AvgIpc) is 2.75. The summed E-state index contributed by atoms with van der Waals surface area (Å²) >= 11 is 0. The van der Waals surface area contributed by atoms with Crippen LogP contribution in [0, 0.1) is 5.92 Å². The molecular weight excluding hydrogens is 224 g/mol. The van der Waals surface area contributed by atoms with E-state index in [0.29, 0.717) is 18.9 Å². The number of carbonyl (C=O) groups excluding carboxylic acids is 1. The van der Waals surface area contributed by atoms with Crippen molar-refractivity contribution in [2.24, 2.45) is 5.92 Å². The summed E-state index contributed by atoms with van der Waals surface area (Å²) in [6.07, 6.45) is 4.40. The lowest BCUT2D eigenvalue weighted by Crippen LogP contribution is -2.32. The van der Waals surface area contributed by atoms with Crippen LogP contribution in [0.15, 0.2) is 0 Å². The number of amides is 1. The highest BCUT2D eigenvalue weighted by Gasteiger charge is 2.16. The van der Waals surface area contributed by atoms with Crippen molar-refractivity contribution in [1.29, 1.82) is 0 Å². The van der Waals surface area contributed by atoms with E-state index in [-0.39, 0.29) is 11.2 Å². The van der Waals surface area contributed by atoms with Gasteiger partial charge in [-0.3, -0.25) is 9.00 Å². The summed E-state index contributed by atoms with van der Waals surface area (Å²) in [5, 5.41) is 6.16. The lowest BCUT2D eigenvalue weighted by Gasteiger charge is -2.11. The molecule has 2 N–H and O–H groups in total. The number of hydrogen-bond donors (Lipinski definition) is 2. The number of rotatable bonds is 6. The molecular formula is C11H22N2O2S. The summed E-state index contributed by atoms with van der Waals surface area (Å²) < 4.78 is 11.1. The first kappa shape index (κ1) is 13.6. The first-order chi connectivity index (χ1) is 7.59. The topological polar surface area (TPSA) is 58.2 Å². The third-order valence-corrected chi connectivity index (χ3v) is 4.40. The largest absolute Gasteiger partial charge is 0.355 e. The first-order valence-corrected chi connectivity index (χ1v) is 7.51. The Balaban J connectivity index is 2.08.